The van der Waals surface area contributed by atoms with E-state index in [4.69, 9.17) is 0 Å². The molecule has 0 spiro atoms. The third-order valence-corrected chi connectivity index (χ3v) is 3.84. The minimum Gasteiger partial charge on any atom is -0.376 e. The number of benzene rings is 2. The van der Waals surface area contributed by atoms with Gasteiger partial charge in [0.1, 0.15) is 0 Å². The van der Waals surface area contributed by atoms with Crippen molar-refractivity contribution in [1.82, 2.24) is 0 Å². The summed E-state index contributed by atoms with van der Waals surface area (Å²) in [5.41, 5.74) is 4.69. The van der Waals surface area contributed by atoms with Crippen molar-refractivity contribution in [2.24, 2.45) is 0 Å². The maximum absolute atomic E-state index is 12.1. The molecule has 0 radical (unpaired) electrons. The summed E-state index contributed by atoms with van der Waals surface area (Å²) >= 11 is 0. The van der Waals surface area contributed by atoms with Crippen molar-refractivity contribution >= 4 is 28.9 Å². The van der Waals surface area contributed by atoms with Crippen LogP contribution in [0.4, 0.5) is 17.1 Å². The van der Waals surface area contributed by atoms with E-state index in [1.54, 1.807) is 36.2 Å². The quantitative estimate of drug-likeness (QED) is 0.886. The van der Waals surface area contributed by atoms with Crippen LogP contribution in [0.2, 0.25) is 0 Å². The molecule has 126 valence electrons. The van der Waals surface area contributed by atoms with Crippen LogP contribution in [0.5, 0.6) is 0 Å². The number of nitrogens with one attached hydrogen (secondary N) is 2. The Kier molecular flexibility index (Phi) is 5.58. The summed E-state index contributed by atoms with van der Waals surface area (Å²) < 4.78 is 0. The lowest BCUT2D eigenvalue weighted by atomic mass is 10.1. The molecular formula is C19H23N3O2. The Morgan fingerprint density at radius 1 is 1.04 bits per heavy atom. The van der Waals surface area contributed by atoms with Gasteiger partial charge in [0.05, 0.1) is 6.54 Å². The number of aryl methyl sites for hydroxylation is 2. The Morgan fingerprint density at radius 3 is 2.33 bits per heavy atom. The van der Waals surface area contributed by atoms with Gasteiger partial charge in [-0.2, -0.15) is 0 Å². The highest BCUT2D eigenvalue weighted by atomic mass is 16.2. The second-order valence-electron chi connectivity index (χ2n) is 5.85. The van der Waals surface area contributed by atoms with Gasteiger partial charge >= 0.3 is 0 Å². The number of carbonyl (C=O) groups is 2. The molecule has 2 amide bonds. The number of amides is 2. The molecule has 0 aliphatic rings. The van der Waals surface area contributed by atoms with Crippen molar-refractivity contribution in [2.45, 2.75) is 20.8 Å². The van der Waals surface area contributed by atoms with E-state index in [2.05, 4.69) is 10.6 Å². The molecule has 0 fully saturated rings. The molecule has 0 saturated heterocycles. The Bertz CT molecular complexity index is 739. The van der Waals surface area contributed by atoms with Crippen LogP contribution in [0, 0.1) is 13.8 Å². The molecule has 0 aliphatic carbocycles. The first-order valence-electron chi connectivity index (χ1n) is 7.82. The van der Waals surface area contributed by atoms with E-state index in [1.165, 1.54) is 6.92 Å². The molecule has 5 nitrogen and oxygen atoms in total. The van der Waals surface area contributed by atoms with E-state index in [0.717, 1.165) is 22.5 Å². The molecule has 0 heterocycles. The zero-order valence-corrected chi connectivity index (χ0v) is 14.5. The zero-order chi connectivity index (χ0) is 17.7. The summed E-state index contributed by atoms with van der Waals surface area (Å²) in [7, 11) is 1.71. The second-order valence-corrected chi connectivity index (χ2v) is 5.85. The van der Waals surface area contributed by atoms with Gasteiger partial charge in [-0.1, -0.05) is 12.1 Å². The topological polar surface area (TPSA) is 61.4 Å². The summed E-state index contributed by atoms with van der Waals surface area (Å²) in [6.07, 6.45) is 0. The summed E-state index contributed by atoms with van der Waals surface area (Å²) in [4.78, 5) is 24.9. The molecular weight excluding hydrogens is 302 g/mol. The third-order valence-electron chi connectivity index (χ3n) is 3.84. The van der Waals surface area contributed by atoms with Gasteiger partial charge < -0.3 is 15.5 Å². The van der Waals surface area contributed by atoms with Crippen LogP contribution in [0.15, 0.2) is 42.5 Å². The van der Waals surface area contributed by atoms with Gasteiger partial charge in [-0.05, 0) is 55.3 Å². The van der Waals surface area contributed by atoms with E-state index in [9.17, 15) is 9.59 Å². The van der Waals surface area contributed by atoms with Gasteiger partial charge in [0.15, 0.2) is 0 Å². The number of hydrogen-bond donors (Lipinski definition) is 2. The summed E-state index contributed by atoms with van der Waals surface area (Å²) in [6, 6.07) is 13.3. The minimum absolute atomic E-state index is 0.0375. The molecule has 5 heteroatoms. The predicted molar refractivity (Wildman–Crippen MR) is 98.6 cm³/mol. The van der Waals surface area contributed by atoms with Crippen molar-refractivity contribution in [3.63, 3.8) is 0 Å². The van der Waals surface area contributed by atoms with Crippen molar-refractivity contribution in [3.05, 3.63) is 53.6 Å². The van der Waals surface area contributed by atoms with Gasteiger partial charge in [-0.3, -0.25) is 9.59 Å². The van der Waals surface area contributed by atoms with Crippen LogP contribution < -0.4 is 15.5 Å². The van der Waals surface area contributed by atoms with Gasteiger partial charge in [0.25, 0.3) is 0 Å². The highest BCUT2D eigenvalue weighted by Crippen LogP contribution is 2.18. The lowest BCUT2D eigenvalue weighted by Gasteiger charge is -2.15. The highest BCUT2D eigenvalue weighted by molar-refractivity contribution is 5.95. The maximum atomic E-state index is 12.1. The second kappa shape index (κ2) is 7.64. The van der Waals surface area contributed by atoms with Gasteiger partial charge in [-0.25, -0.2) is 0 Å². The normalized spacial score (nSPS) is 10.2. The highest BCUT2D eigenvalue weighted by Gasteiger charge is 2.07. The number of anilines is 3. The van der Waals surface area contributed by atoms with Crippen LogP contribution in [0.3, 0.4) is 0 Å². The lowest BCUT2D eigenvalue weighted by Crippen LogP contribution is -2.23. The van der Waals surface area contributed by atoms with Crippen molar-refractivity contribution < 1.29 is 9.59 Å². The number of carbonyl (C=O) groups excluding carboxylic acids is 2. The molecule has 0 aromatic heterocycles. The van der Waals surface area contributed by atoms with Gasteiger partial charge in [-0.15, -0.1) is 0 Å². The zero-order valence-electron chi connectivity index (χ0n) is 14.5. The Morgan fingerprint density at radius 2 is 1.71 bits per heavy atom. The third kappa shape index (κ3) is 4.59. The average molecular weight is 325 g/mol. The van der Waals surface area contributed by atoms with Crippen LogP contribution >= 0.6 is 0 Å². The van der Waals surface area contributed by atoms with Crippen molar-refractivity contribution in [1.29, 1.82) is 0 Å². The smallest absolute Gasteiger partial charge is 0.243 e. The van der Waals surface area contributed by atoms with Crippen LogP contribution in [-0.4, -0.2) is 25.4 Å². The molecule has 0 bridgehead atoms. The van der Waals surface area contributed by atoms with E-state index < -0.39 is 0 Å². The first-order valence-corrected chi connectivity index (χ1v) is 7.82. The Hall–Kier alpha value is -2.82. The maximum Gasteiger partial charge on any atom is 0.243 e. The first-order chi connectivity index (χ1) is 11.4. The number of rotatable bonds is 5. The molecule has 0 unspecified atom stereocenters. The molecule has 2 N–H and O–H groups in total. The van der Waals surface area contributed by atoms with Gasteiger partial charge in [0.2, 0.25) is 11.8 Å². The predicted octanol–water partition coefficient (Wildman–Crippen LogP) is 3.34. The van der Waals surface area contributed by atoms with Crippen molar-refractivity contribution in [2.75, 3.05) is 29.1 Å². The van der Waals surface area contributed by atoms with E-state index in [1.807, 2.05) is 32.0 Å². The molecule has 2 aromatic rings. The van der Waals surface area contributed by atoms with Crippen molar-refractivity contribution in [3.8, 4) is 0 Å². The molecule has 24 heavy (non-hydrogen) atoms. The number of hydrogen-bond acceptors (Lipinski definition) is 3. The van der Waals surface area contributed by atoms with Crippen LogP contribution in [-0.2, 0) is 9.59 Å². The van der Waals surface area contributed by atoms with E-state index in [-0.39, 0.29) is 18.4 Å². The molecule has 0 saturated carbocycles. The van der Waals surface area contributed by atoms with Crippen LogP contribution in [0.25, 0.3) is 0 Å². The number of nitrogens with zero attached hydrogens (tertiary/aromatic N) is 1. The fourth-order valence-electron chi connectivity index (χ4n) is 2.26. The lowest BCUT2D eigenvalue weighted by molar-refractivity contribution is -0.116. The van der Waals surface area contributed by atoms with E-state index >= 15 is 0 Å². The minimum atomic E-state index is -0.122. The fraction of sp³-hybridized carbons (Fsp3) is 0.263. The first kappa shape index (κ1) is 17.5. The standard InChI is InChI=1S/C19H23N3O2/c1-13-5-6-14(2)18(11-13)20-12-19(24)21-16-7-9-17(10-8-16)22(4)15(3)23/h5-11,20H,12H2,1-4H3,(H,21,24). The van der Waals surface area contributed by atoms with Gasteiger partial charge in [0, 0.05) is 31.0 Å². The monoisotopic (exact) mass is 325 g/mol. The molecule has 2 aromatic carbocycles. The average Bonchev–Trinajstić information content (AvgIpc) is 2.55. The van der Waals surface area contributed by atoms with Crippen LogP contribution in [0.1, 0.15) is 18.1 Å². The SMILES string of the molecule is CC(=O)N(C)c1ccc(NC(=O)CNc2cc(C)ccc2C)cc1. The Labute approximate surface area is 142 Å². The summed E-state index contributed by atoms with van der Waals surface area (Å²) in [5.74, 6) is -0.159. The summed E-state index contributed by atoms with van der Waals surface area (Å²) in [6.45, 7) is 5.72. The van der Waals surface area contributed by atoms with E-state index in [0.29, 0.717) is 5.69 Å². The Balaban J connectivity index is 1.92. The molecule has 2 rings (SSSR count). The largest absolute Gasteiger partial charge is 0.376 e. The molecule has 0 aliphatic heterocycles. The summed E-state index contributed by atoms with van der Waals surface area (Å²) in [5, 5.41) is 5.99. The molecule has 0 atom stereocenters. The fourth-order valence-corrected chi connectivity index (χ4v) is 2.26.